The second-order valence-corrected chi connectivity index (χ2v) is 12.0. The summed E-state index contributed by atoms with van der Waals surface area (Å²) < 4.78 is 22.2. The highest BCUT2D eigenvalue weighted by Crippen LogP contribution is 2.36. The zero-order chi connectivity index (χ0) is 30.1. The molecule has 1 atom stereocenters. The second-order valence-electron chi connectivity index (χ2n) is 9.78. The summed E-state index contributed by atoms with van der Waals surface area (Å²) >= 11 is 3.60. The maximum Gasteiger partial charge on any atom is 0.338 e. The highest BCUT2D eigenvalue weighted by Gasteiger charge is 2.34. The van der Waals surface area contributed by atoms with Gasteiger partial charge in [-0.15, -0.1) is 0 Å². The van der Waals surface area contributed by atoms with Crippen LogP contribution in [0.5, 0.6) is 11.5 Å². The van der Waals surface area contributed by atoms with Crippen molar-refractivity contribution >= 4 is 46.0 Å². The molecule has 2 aromatic carbocycles. The molecule has 0 N–H and O–H groups in total. The Hall–Kier alpha value is -3.64. The zero-order valence-corrected chi connectivity index (χ0v) is 27.3. The lowest BCUT2D eigenvalue weighted by atomic mass is 9.95. The topological polar surface area (TPSA) is 84.1 Å². The highest BCUT2D eigenvalue weighted by molar-refractivity contribution is 14.1. The SMILES string of the molecule is CCOC(=O)C1=C(C)N=c2s/c(=C\c3cc(C)n(-c4ccc(I)cc4)c3C)c(=O)n2[C@H]1c1ccc(OC)c(OCC)c1. The van der Waals surface area contributed by atoms with E-state index in [1.54, 1.807) is 31.6 Å². The summed E-state index contributed by atoms with van der Waals surface area (Å²) in [4.78, 5) is 32.6. The molecule has 4 aromatic rings. The number of methoxy groups -OCH3 is 1. The van der Waals surface area contributed by atoms with Crippen molar-refractivity contribution in [3.63, 3.8) is 0 Å². The van der Waals surface area contributed by atoms with E-state index in [9.17, 15) is 9.59 Å². The molecule has 42 heavy (non-hydrogen) atoms. The molecular weight excluding hydrogens is 665 g/mol. The number of fused-ring (bicyclic) bond motifs is 1. The fourth-order valence-electron chi connectivity index (χ4n) is 5.30. The number of rotatable bonds is 8. The van der Waals surface area contributed by atoms with Crippen molar-refractivity contribution in [3.8, 4) is 17.2 Å². The lowest BCUT2D eigenvalue weighted by molar-refractivity contribution is -0.139. The largest absolute Gasteiger partial charge is 0.493 e. The van der Waals surface area contributed by atoms with Gasteiger partial charge in [-0.1, -0.05) is 17.4 Å². The average Bonchev–Trinajstić information content (AvgIpc) is 3.42. The first kappa shape index (κ1) is 29.8. The maximum atomic E-state index is 14.1. The van der Waals surface area contributed by atoms with Crippen molar-refractivity contribution in [2.75, 3.05) is 20.3 Å². The van der Waals surface area contributed by atoms with Crippen LogP contribution in [0.4, 0.5) is 0 Å². The monoisotopic (exact) mass is 697 g/mol. The molecule has 10 heteroatoms. The van der Waals surface area contributed by atoms with Gasteiger partial charge < -0.3 is 18.8 Å². The molecule has 0 fully saturated rings. The Labute approximate surface area is 261 Å². The first-order valence-corrected chi connectivity index (χ1v) is 15.5. The summed E-state index contributed by atoms with van der Waals surface area (Å²) in [6.07, 6.45) is 1.91. The van der Waals surface area contributed by atoms with Gasteiger partial charge in [0.15, 0.2) is 16.3 Å². The van der Waals surface area contributed by atoms with E-state index < -0.39 is 12.0 Å². The van der Waals surface area contributed by atoms with Gasteiger partial charge >= 0.3 is 5.97 Å². The van der Waals surface area contributed by atoms with Crippen molar-refractivity contribution in [2.45, 2.75) is 40.7 Å². The van der Waals surface area contributed by atoms with E-state index in [0.717, 1.165) is 26.2 Å². The molecule has 0 spiro atoms. The smallest absolute Gasteiger partial charge is 0.338 e. The van der Waals surface area contributed by atoms with E-state index >= 15 is 0 Å². The van der Waals surface area contributed by atoms with Crippen LogP contribution in [0.3, 0.4) is 0 Å². The standard InChI is InChI=1S/C32H32IN3O5S/c1-7-40-26-16-21(9-14-25(26)39-6)29-28(31(38)41-8-2)19(4)34-32-36(29)30(37)27(42-32)17-22-15-18(3)35(20(22)5)24-12-10-23(33)11-13-24/h9-17,29H,7-8H2,1-6H3/b27-17-/t29-/m0/s1. The Balaban J connectivity index is 1.70. The molecule has 0 amide bonds. The third-order valence-corrected chi connectivity index (χ3v) is 8.86. The molecule has 0 bridgehead atoms. The Kier molecular flexibility index (Phi) is 8.74. The highest BCUT2D eigenvalue weighted by atomic mass is 127. The maximum absolute atomic E-state index is 14.1. The van der Waals surface area contributed by atoms with Crippen molar-refractivity contribution in [2.24, 2.45) is 4.99 Å². The number of allylic oxidation sites excluding steroid dienone is 1. The molecule has 2 aromatic heterocycles. The van der Waals surface area contributed by atoms with Gasteiger partial charge in [-0.25, -0.2) is 9.79 Å². The lowest BCUT2D eigenvalue weighted by Crippen LogP contribution is -2.40. The first-order valence-electron chi connectivity index (χ1n) is 13.6. The van der Waals surface area contributed by atoms with Crippen LogP contribution in [-0.4, -0.2) is 35.4 Å². The van der Waals surface area contributed by atoms with Crippen LogP contribution in [0.15, 0.2) is 69.6 Å². The summed E-state index contributed by atoms with van der Waals surface area (Å²) in [5, 5.41) is 0. The van der Waals surface area contributed by atoms with E-state index in [0.29, 0.717) is 44.3 Å². The number of carbonyl (C=O) groups is 1. The van der Waals surface area contributed by atoms with Gasteiger partial charge in [0.2, 0.25) is 0 Å². The molecule has 0 radical (unpaired) electrons. The fourth-order valence-corrected chi connectivity index (χ4v) is 6.70. The third kappa shape index (κ3) is 5.45. The summed E-state index contributed by atoms with van der Waals surface area (Å²) in [5.74, 6) is 0.586. The van der Waals surface area contributed by atoms with Crippen LogP contribution in [0.2, 0.25) is 0 Å². The zero-order valence-electron chi connectivity index (χ0n) is 24.4. The van der Waals surface area contributed by atoms with Crippen molar-refractivity contribution in [1.29, 1.82) is 0 Å². The molecule has 5 rings (SSSR count). The molecule has 0 aliphatic carbocycles. The van der Waals surface area contributed by atoms with Crippen LogP contribution >= 0.6 is 33.9 Å². The van der Waals surface area contributed by atoms with Gasteiger partial charge in [0, 0.05) is 20.6 Å². The van der Waals surface area contributed by atoms with Crippen molar-refractivity contribution in [1.82, 2.24) is 9.13 Å². The third-order valence-electron chi connectivity index (χ3n) is 7.16. The summed E-state index contributed by atoms with van der Waals surface area (Å²) in [5.41, 5.74) is 5.39. The fraction of sp³-hybridized carbons (Fsp3) is 0.281. The van der Waals surface area contributed by atoms with Crippen LogP contribution in [0.25, 0.3) is 11.8 Å². The van der Waals surface area contributed by atoms with Crippen molar-refractivity contribution < 1.29 is 19.0 Å². The molecular formula is C32H32IN3O5S. The van der Waals surface area contributed by atoms with E-state index in [-0.39, 0.29) is 12.2 Å². The Morgan fingerprint density at radius 3 is 2.45 bits per heavy atom. The number of aromatic nitrogens is 2. The van der Waals surface area contributed by atoms with E-state index in [1.807, 2.05) is 32.1 Å². The van der Waals surface area contributed by atoms with Gasteiger partial charge in [0.05, 0.1) is 42.2 Å². The Bertz CT molecular complexity index is 1880. The normalized spacial score (nSPS) is 14.9. The minimum atomic E-state index is -0.744. The molecule has 3 heterocycles. The number of hydrogen-bond acceptors (Lipinski definition) is 7. The molecule has 1 aliphatic rings. The molecule has 0 unspecified atom stereocenters. The average molecular weight is 698 g/mol. The van der Waals surface area contributed by atoms with Crippen LogP contribution in [0.1, 0.15) is 49.3 Å². The molecule has 0 saturated carbocycles. The number of nitrogens with zero attached hydrogens (tertiary/aromatic N) is 3. The van der Waals surface area contributed by atoms with E-state index in [1.165, 1.54) is 11.3 Å². The van der Waals surface area contributed by atoms with Crippen LogP contribution in [-0.2, 0) is 9.53 Å². The van der Waals surface area contributed by atoms with E-state index in [2.05, 4.69) is 64.4 Å². The number of ether oxygens (including phenoxy) is 3. The molecule has 8 nitrogen and oxygen atoms in total. The summed E-state index contributed by atoms with van der Waals surface area (Å²) in [6, 6.07) is 15.1. The summed E-state index contributed by atoms with van der Waals surface area (Å²) in [6.45, 7) is 10.2. The van der Waals surface area contributed by atoms with Crippen molar-refractivity contribution in [3.05, 3.63) is 106 Å². The number of esters is 1. The van der Waals surface area contributed by atoms with Crippen LogP contribution in [0, 0.1) is 17.4 Å². The van der Waals surface area contributed by atoms with Gasteiger partial charge in [-0.2, -0.15) is 0 Å². The van der Waals surface area contributed by atoms with Gasteiger partial charge in [0.1, 0.15) is 0 Å². The first-order chi connectivity index (χ1) is 20.2. The van der Waals surface area contributed by atoms with Gasteiger partial charge in [-0.3, -0.25) is 9.36 Å². The molecule has 0 saturated heterocycles. The number of aryl methyl sites for hydroxylation is 1. The summed E-state index contributed by atoms with van der Waals surface area (Å²) in [7, 11) is 1.57. The number of thiazole rings is 1. The van der Waals surface area contributed by atoms with Gasteiger partial charge in [-0.05, 0) is 117 Å². The number of benzene rings is 2. The number of hydrogen-bond donors (Lipinski definition) is 0. The minimum Gasteiger partial charge on any atom is -0.493 e. The lowest BCUT2D eigenvalue weighted by Gasteiger charge is -2.25. The minimum absolute atomic E-state index is 0.204. The number of halogens is 1. The predicted molar refractivity (Wildman–Crippen MR) is 173 cm³/mol. The Morgan fingerprint density at radius 1 is 1.05 bits per heavy atom. The van der Waals surface area contributed by atoms with E-state index in [4.69, 9.17) is 19.2 Å². The quantitative estimate of drug-likeness (QED) is 0.187. The van der Waals surface area contributed by atoms with Gasteiger partial charge in [0.25, 0.3) is 5.56 Å². The van der Waals surface area contributed by atoms with Crippen LogP contribution < -0.4 is 24.4 Å². The Morgan fingerprint density at radius 2 is 1.79 bits per heavy atom. The molecule has 1 aliphatic heterocycles. The number of carbonyl (C=O) groups excluding carboxylic acids is 1. The molecule has 218 valence electrons. The second kappa shape index (κ2) is 12.3. The predicted octanol–water partition coefficient (Wildman–Crippen LogP) is 5.22.